The van der Waals surface area contributed by atoms with Gasteiger partial charge in [-0.3, -0.25) is 14.7 Å². The lowest BCUT2D eigenvalue weighted by Crippen LogP contribution is -2.22. The molecule has 0 fully saturated rings. The number of amides is 1. The Bertz CT molecular complexity index is 670. The third kappa shape index (κ3) is 3.73. The van der Waals surface area contributed by atoms with Gasteiger partial charge in [-0.2, -0.15) is 0 Å². The van der Waals surface area contributed by atoms with Crippen LogP contribution in [0.5, 0.6) is 0 Å². The third-order valence-electron chi connectivity index (χ3n) is 2.96. The van der Waals surface area contributed by atoms with E-state index in [2.05, 4.69) is 15.3 Å². The van der Waals surface area contributed by atoms with Gasteiger partial charge in [0.1, 0.15) is 10.7 Å². The van der Waals surface area contributed by atoms with Crippen LogP contribution in [0.4, 0.5) is 5.95 Å². The van der Waals surface area contributed by atoms with E-state index in [1.54, 1.807) is 6.07 Å². The summed E-state index contributed by atoms with van der Waals surface area (Å²) in [6, 6.07) is 3.62. The molecule has 2 heterocycles. The molecule has 2 rings (SSSR count). The standard InChI is InChI=1S/C15H21ClN4O/c1-9(2)20-13-10(6-7-11(16)18-13)17-14(20)19-12(21)8-15(3,4)5/h6-7,9H,8H2,1-5H3,(H,17,19,21). The van der Waals surface area contributed by atoms with E-state index < -0.39 is 0 Å². The van der Waals surface area contributed by atoms with E-state index in [9.17, 15) is 4.79 Å². The van der Waals surface area contributed by atoms with E-state index in [-0.39, 0.29) is 17.4 Å². The average molecular weight is 309 g/mol. The molecule has 6 heteroatoms. The Morgan fingerprint density at radius 3 is 2.57 bits per heavy atom. The third-order valence-corrected chi connectivity index (χ3v) is 3.17. The first-order chi connectivity index (χ1) is 9.67. The van der Waals surface area contributed by atoms with Crippen LogP contribution in [0.1, 0.15) is 47.1 Å². The topological polar surface area (TPSA) is 59.8 Å². The average Bonchev–Trinajstić information content (AvgIpc) is 2.63. The first-order valence-electron chi connectivity index (χ1n) is 7.02. The molecule has 0 aromatic carbocycles. The minimum absolute atomic E-state index is 0.0502. The van der Waals surface area contributed by atoms with Gasteiger partial charge >= 0.3 is 0 Å². The Hall–Kier alpha value is -1.62. The number of carbonyl (C=O) groups excluding carboxylic acids is 1. The van der Waals surface area contributed by atoms with Crippen molar-refractivity contribution >= 4 is 34.6 Å². The van der Waals surface area contributed by atoms with Gasteiger partial charge in [-0.25, -0.2) is 9.97 Å². The van der Waals surface area contributed by atoms with Gasteiger partial charge < -0.3 is 0 Å². The number of anilines is 1. The predicted octanol–water partition coefficient (Wildman–Crippen LogP) is 4.04. The zero-order valence-corrected chi connectivity index (χ0v) is 13.8. The number of imidazole rings is 1. The zero-order valence-electron chi connectivity index (χ0n) is 13.1. The van der Waals surface area contributed by atoms with Crippen LogP contribution in [0.25, 0.3) is 11.2 Å². The molecule has 2 aromatic rings. The first kappa shape index (κ1) is 15.8. The lowest BCUT2D eigenvalue weighted by molar-refractivity contribution is -0.117. The molecular weight excluding hydrogens is 288 g/mol. The molecule has 2 aromatic heterocycles. The van der Waals surface area contributed by atoms with Crippen molar-refractivity contribution in [1.29, 1.82) is 0 Å². The van der Waals surface area contributed by atoms with Crippen LogP contribution in [0, 0.1) is 5.41 Å². The van der Waals surface area contributed by atoms with Gasteiger partial charge in [0.25, 0.3) is 0 Å². The van der Waals surface area contributed by atoms with Crippen molar-refractivity contribution in [1.82, 2.24) is 14.5 Å². The smallest absolute Gasteiger partial charge is 0.227 e. The number of pyridine rings is 1. The fourth-order valence-corrected chi connectivity index (χ4v) is 2.32. The van der Waals surface area contributed by atoms with Gasteiger partial charge in [0.15, 0.2) is 5.65 Å². The highest BCUT2D eigenvalue weighted by Gasteiger charge is 2.20. The fourth-order valence-electron chi connectivity index (χ4n) is 2.18. The number of halogens is 1. The van der Waals surface area contributed by atoms with Gasteiger partial charge in [-0.15, -0.1) is 0 Å². The summed E-state index contributed by atoms with van der Waals surface area (Å²) >= 11 is 5.96. The van der Waals surface area contributed by atoms with Gasteiger partial charge in [0.2, 0.25) is 11.9 Å². The minimum Gasteiger partial charge on any atom is -0.296 e. The van der Waals surface area contributed by atoms with Crippen molar-refractivity contribution in [3.05, 3.63) is 17.3 Å². The van der Waals surface area contributed by atoms with Crippen molar-refractivity contribution in [2.75, 3.05) is 5.32 Å². The molecule has 0 aliphatic heterocycles. The summed E-state index contributed by atoms with van der Waals surface area (Å²) in [5.41, 5.74) is 1.34. The van der Waals surface area contributed by atoms with Crippen molar-refractivity contribution in [2.24, 2.45) is 5.41 Å². The molecule has 0 saturated heterocycles. The van der Waals surface area contributed by atoms with E-state index in [0.29, 0.717) is 23.2 Å². The minimum atomic E-state index is -0.0691. The summed E-state index contributed by atoms with van der Waals surface area (Å²) in [5.74, 6) is 0.467. The maximum Gasteiger partial charge on any atom is 0.227 e. The molecule has 21 heavy (non-hydrogen) atoms. The molecule has 1 amide bonds. The summed E-state index contributed by atoms with van der Waals surface area (Å²) in [5, 5.41) is 3.30. The van der Waals surface area contributed by atoms with E-state index in [1.165, 1.54) is 0 Å². The van der Waals surface area contributed by atoms with Gasteiger partial charge in [0.05, 0.1) is 0 Å². The number of hydrogen-bond donors (Lipinski definition) is 1. The highest BCUT2D eigenvalue weighted by Crippen LogP contribution is 2.25. The molecule has 114 valence electrons. The molecule has 0 saturated carbocycles. The number of nitrogens with zero attached hydrogens (tertiary/aromatic N) is 3. The van der Waals surface area contributed by atoms with Crippen molar-refractivity contribution < 1.29 is 4.79 Å². The Morgan fingerprint density at radius 1 is 1.33 bits per heavy atom. The lowest BCUT2D eigenvalue weighted by Gasteiger charge is -2.18. The van der Waals surface area contributed by atoms with E-state index >= 15 is 0 Å². The summed E-state index contributed by atoms with van der Waals surface area (Å²) in [6.45, 7) is 10.1. The number of aromatic nitrogens is 3. The number of rotatable bonds is 3. The van der Waals surface area contributed by atoms with Gasteiger partial charge in [-0.1, -0.05) is 32.4 Å². The van der Waals surface area contributed by atoms with Crippen LogP contribution < -0.4 is 5.32 Å². The Balaban J connectivity index is 2.39. The van der Waals surface area contributed by atoms with Gasteiger partial charge in [0, 0.05) is 12.5 Å². The first-order valence-corrected chi connectivity index (χ1v) is 7.39. The van der Waals surface area contributed by atoms with Crippen molar-refractivity contribution in [3.8, 4) is 0 Å². The molecule has 0 bridgehead atoms. The quantitative estimate of drug-likeness (QED) is 0.870. The van der Waals surface area contributed by atoms with Crippen LogP contribution in [-0.2, 0) is 4.79 Å². The fraction of sp³-hybridized carbons (Fsp3) is 0.533. The summed E-state index contributed by atoms with van der Waals surface area (Å²) in [6.07, 6.45) is 0.433. The van der Waals surface area contributed by atoms with Crippen molar-refractivity contribution in [3.63, 3.8) is 0 Å². The molecule has 0 aliphatic carbocycles. The Kier molecular flexibility index (Phi) is 4.23. The van der Waals surface area contributed by atoms with E-state index in [0.717, 1.165) is 5.52 Å². The second kappa shape index (κ2) is 5.64. The SMILES string of the molecule is CC(C)n1c(NC(=O)CC(C)(C)C)nc2ccc(Cl)nc21. The molecule has 0 atom stereocenters. The molecule has 5 nitrogen and oxygen atoms in total. The summed E-state index contributed by atoms with van der Waals surface area (Å²) in [4.78, 5) is 20.9. The largest absolute Gasteiger partial charge is 0.296 e. The van der Waals surface area contributed by atoms with Crippen LogP contribution >= 0.6 is 11.6 Å². The molecule has 1 N–H and O–H groups in total. The number of hydrogen-bond acceptors (Lipinski definition) is 3. The Labute approximate surface area is 129 Å². The number of nitrogens with one attached hydrogen (secondary N) is 1. The van der Waals surface area contributed by atoms with Crippen molar-refractivity contribution in [2.45, 2.75) is 47.1 Å². The lowest BCUT2D eigenvalue weighted by atomic mass is 9.92. The Morgan fingerprint density at radius 2 is 2.00 bits per heavy atom. The monoisotopic (exact) mass is 308 g/mol. The molecule has 0 unspecified atom stereocenters. The maximum atomic E-state index is 12.1. The van der Waals surface area contributed by atoms with E-state index in [1.807, 2.05) is 45.3 Å². The number of carbonyl (C=O) groups is 1. The van der Waals surface area contributed by atoms with Crippen LogP contribution in [0.2, 0.25) is 5.15 Å². The molecular formula is C15H21ClN4O. The number of fused-ring (bicyclic) bond motifs is 1. The van der Waals surface area contributed by atoms with Crippen LogP contribution in [-0.4, -0.2) is 20.4 Å². The highest BCUT2D eigenvalue weighted by molar-refractivity contribution is 6.29. The summed E-state index contributed by atoms with van der Waals surface area (Å²) in [7, 11) is 0. The summed E-state index contributed by atoms with van der Waals surface area (Å²) < 4.78 is 1.89. The zero-order chi connectivity index (χ0) is 15.8. The second-order valence-electron chi connectivity index (χ2n) is 6.66. The highest BCUT2D eigenvalue weighted by atomic mass is 35.5. The van der Waals surface area contributed by atoms with Gasteiger partial charge in [-0.05, 0) is 31.4 Å². The van der Waals surface area contributed by atoms with E-state index in [4.69, 9.17) is 11.6 Å². The molecule has 0 spiro atoms. The second-order valence-corrected chi connectivity index (χ2v) is 7.05. The molecule has 0 aliphatic rings. The predicted molar refractivity (Wildman–Crippen MR) is 85.6 cm³/mol. The van der Waals surface area contributed by atoms with Crippen LogP contribution in [0.15, 0.2) is 12.1 Å². The van der Waals surface area contributed by atoms with Crippen LogP contribution in [0.3, 0.4) is 0 Å². The molecule has 0 radical (unpaired) electrons. The maximum absolute atomic E-state index is 12.1. The normalized spacial score (nSPS) is 12.1.